The van der Waals surface area contributed by atoms with E-state index in [2.05, 4.69) is 56.4 Å². The molecule has 0 saturated carbocycles. The van der Waals surface area contributed by atoms with Crippen LogP contribution in [0.3, 0.4) is 0 Å². The highest BCUT2D eigenvalue weighted by Crippen LogP contribution is 2.28. The third kappa shape index (κ3) is 19.8. The van der Waals surface area contributed by atoms with Crippen molar-refractivity contribution >= 4 is 136 Å². The second-order valence-corrected chi connectivity index (χ2v) is 17.5. The van der Waals surface area contributed by atoms with Crippen LogP contribution < -0.4 is 48.0 Å². The van der Waals surface area contributed by atoms with E-state index in [0.717, 1.165) is 8.97 Å². The molecule has 0 aliphatic rings. The third-order valence-corrected chi connectivity index (χ3v) is 9.15. The summed E-state index contributed by atoms with van der Waals surface area (Å²) >= 11 is 7.22. The maximum atomic E-state index is 12.6. The van der Waals surface area contributed by atoms with E-state index in [1.54, 1.807) is 0 Å². The smallest absolute Gasteiger partial charge is 0.176 e. The zero-order chi connectivity index (χ0) is 37.4. The van der Waals surface area contributed by atoms with Crippen molar-refractivity contribution in [3.05, 3.63) is 91.2 Å². The summed E-state index contributed by atoms with van der Waals surface area (Å²) in [5.74, 6) is -16.2. The molecular weight excluding hydrogens is 1580 g/mol. The van der Waals surface area contributed by atoms with Crippen LogP contribution in [-0.4, -0.2) is 65.3 Å². The van der Waals surface area contributed by atoms with Crippen molar-refractivity contribution in [3.8, 4) is 0 Å². The van der Waals surface area contributed by atoms with Gasteiger partial charge in [0.25, 0.3) is 0 Å². The first-order valence-electron chi connectivity index (χ1n) is 11.5. The summed E-state index contributed by atoms with van der Waals surface area (Å²) in [6, 6.07) is 0. The Labute approximate surface area is 386 Å². The molecular formula is C26H24F12I8N2. The standard InChI is InChI=1S/3C6F4I2.2C4H12N.2HI/c3*7-1-2(8)6(12)4(10)3(9)5(1)11;2*1-5(2,3)4;;/h;;;2*1-4H3;2*1H/q;;;2*+1;;/p-2. The number of hydrogen-bond donors (Lipinski definition) is 0. The lowest BCUT2D eigenvalue weighted by Crippen LogP contribution is -3.00. The lowest BCUT2D eigenvalue weighted by molar-refractivity contribution is -0.849. The topological polar surface area (TPSA) is 0 Å². The molecule has 22 heteroatoms. The van der Waals surface area contributed by atoms with Gasteiger partial charge in [0.15, 0.2) is 69.8 Å². The molecule has 0 heterocycles. The largest absolute Gasteiger partial charge is 1.00 e. The van der Waals surface area contributed by atoms with Crippen LogP contribution >= 0.6 is 136 Å². The van der Waals surface area contributed by atoms with Gasteiger partial charge in [-0.3, -0.25) is 0 Å². The molecule has 0 aliphatic heterocycles. The second kappa shape index (κ2) is 24.9. The van der Waals surface area contributed by atoms with Gasteiger partial charge in [0.2, 0.25) is 0 Å². The van der Waals surface area contributed by atoms with E-state index >= 15 is 0 Å². The number of rotatable bonds is 0. The summed E-state index contributed by atoms with van der Waals surface area (Å²) in [6.07, 6.45) is 0. The number of halogens is 20. The zero-order valence-corrected chi connectivity index (χ0v) is 42.7. The molecule has 48 heavy (non-hydrogen) atoms. The minimum absolute atomic E-state index is 0. The molecule has 0 N–H and O–H groups in total. The van der Waals surface area contributed by atoms with Crippen LogP contribution in [-0.2, 0) is 0 Å². The van der Waals surface area contributed by atoms with Gasteiger partial charge in [-0.15, -0.1) is 0 Å². The Hall–Kier alpha value is 2.58. The average molecular weight is 1610 g/mol. The predicted molar refractivity (Wildman–Crippen MR) is 203 cm³/mol. The van der Waals surface area contributed by atoms with Crippen LogP contribution in [0.15, 0.2) is 0 Å². The molecule has 0 atom stereocenters. The summed E-state index contributed by atoms with van der Waals surface area (Å²) < 4.78 is 150. The van der Waals surface area contributed by atoms with Gasteiger partial charge in [-0.05, 0) is 136 Å². The van der Waals surface area contributed by atoms with Gasteiger partial charge < -0.3 is 56.9 Å². The fourth-order valence-corrected chi connectivity index (χ4v) is 4.58. The zero-order valence-electron chi connectivity index (χ0n) is 25.5. The normalized spacial score (nSPS) is 10.4. The van der Waals surface area contributed by atoms with Gasteiger partial charge in [0, 0.05) is 0 Å². The monoisotopic (exact) mass is 1610 g/mol. The maximum absolute atomic E-state index is 12.6. The van der Waals surface area contributed by atoms with Crippen LogP contribution in [0, 0.1) is 91.2 Å². The molecule has 278 valence electrons. The molecule has 0 aromatic heterocycles. The van der Waals surface area contributed by atoms with Gasteiger partial charge in [-0.25, -0.2) is 52.7 Å². The third-order valence-electron chi connectivity index (χ3n) is 3.47. The van der Waals surface area contributed by atoms with Gasteiger partial charge in [0.05, 0.1) is 77.8 Å². The van der Waals surface area contributed by atoms with Crippen molar-refractivity contribution < 1.29 is 110 Å². The lowest BCUT2D eigenvalue weighted by Gasteiger charge is -2.14. The number of quaternary nitrogens is 2. The molecule has 0 bridgehead atoms. The molecule has 0 aliphatic carbocycles. The highest BCUT2D eigenvalue weighted by molar-refractivity contribution is 14.1. The van der Waals surface area contributed by atoms with Gasteiger partial charge >= 0.3 is 0 Å². The highest BCUT2D eigenvalue weighted by Gasteiger charge is 2.23. The molecule has 0 saturated heterocycles. The molecule has 3 aromatic carbocycles. The first-order chi connectivity index (χ1) is 20.4. The van der Waals surface area contributed by atoms with Gasteiger partial charge in [0.1, 0.15) is 0 Å². The summed E-state index contributed by atoms with van der Waals surface area (Å²) in [7, 11) is 17.0. The minimum atomic E-state index is -1.35. The van der Waals surface area contributed by atoms with Crippen LogP contribution in [0.5, 0.6) is 0 Å². The van der Waals surface area contributed by atoms with Crippen LogP contribution in [0.2, 0.25) is 0 Å². The Bertz CT molecular complexity index is 1030. The molecule has 2 nitrogen and oxygen atoms in total. The average Bonchev–Trinajstić information content (AvgIpc) is 2.94. The molecule has 0 radical (unpaired) electrons. The summed E-state index contributed by atoms with van der Waals surface area (Å²) in [5.41, 5.74) is 0. The van der Waals surface area contributed by atoms with E-state index in [1.807, 2.05) is 0 Å². The van der Waals surface area contributed by atoms with E-state index in [0.29, 0.717) is 0 Å². The minimum Gasteiger partial charge on any atom is -1.00 e. The molecule has 0 unspecified atom stereocenters. The number of benzene rings is 3. The summed E-state index contributed by atoms with van der Waals surface area (Å²) in [6.45, 7) is 0. The first-order valence-corrected chi connectivity index (χ1v) is 18.0. The number of hydrogen-bond acceptors (Lipinski definition) is 0. The van der Waals surface area contributed by atoms with Crippen molar-refractivity contribution in [2.24, 2.45) is 0 Å². The van der Waals surface area contributed by atoms with E-state index in [1.165, 1.54) is 136 Å². The van der Waals surface area contributed by atoms with Crippen LogP contribution in [0.4, 0.5) is 52.7 Å². The maximum Gasteiger partial charge on any atom is 0.176 e. The van der Waals surface area contributed by atoms with Crippen molar-refractivity contribution in [1.82, 2.24) is 0 Å². The second-order valence-electron chi connectivity index (χ2n) is 11.0. The predicted octanol–water partition coefficient (Wildman–Crippen LogP) is 5.01. The van der Waals surface area contributed by atoms with Crippen molar-refractivity contribution in [2.75, 3.05) is 56.4 Å². The molecule has 3 aromatic rings. The van der Waals surface area contributed by atoms with Crippen LogP contribution in [0.1, 0.15) is 0 Å². The Morgan fingerprint density at radius 3 is 0.333 bits per heavy atom. The van der Waals surface area contributed by atoms with E-state index in [9.17, 15) is 52.7 Å². The molecule has 0 fully saturated rings. The fourth-order valence-electron chi connectivity index (χ4n) is 1.73. The Morgan fingerprint density at radius 2 is 0.292 bits per heavy atom. The molecule has 0 spiro atoms. The van der Waals surface area contributed by atoms with Gasteiger partial charge in [-0.1, -0.05) is 0 Å². The summed E-state index contributed by atoms with van der Waals surface area (Å²) in [4.78, 5) is 0. The Balaban J connectivity index is -0.000000261. The van der Waals surface area contributed by atoms with E-state index < -0.39 is 91.2 Å². The van der Waals surface area contributed by atoms with Crippen molar-refractivity contribution in [1.29, 1.82) is 0 Å². The SMILES string of the molecule is C[N+](C)(C)C.C[N+](C)(C)C.Fc1c(F)c(I)c(F)c(F)c1I.Fc1c(F)c(I)c(F)c(F)c1I.Fc1c(F)c(I)c(F)c(F)c1I.[I-].[I-]. The van der Waals surface area contributed by atoms with E-state index in [4.69, 9.17) is 0 Å². The summed E-state index contributed by atoms with van der Waals surface area (Å²) in [5, 5.41) is 0. The first kappa shape index (κ1) is 57.3. The van der Waals surface area contributed by atoms with Crippen LogP contribution in [0.25, 0.3) is 0 Å². The number of nitrogens with zero attached hydrogens (tertiary/aromatic N) is 2. The Kier molecular flexibility index (Phi) is 29.7. The van der Waals surface area contributed by atoms with Gasteiger partial charge in [-0.2, -0.15) is 0 Å². The quantitative estimate of drug-likeness (QED) is 0.0979. The van der Waals surface area contributed by atoms with Crippen molar-refractivity contribution in [2.45, 2.75) is 0 Å². The lowest BCUT2D eigenvalue weighted by atomic mass is 10.3. The molecule has 0 amide bonds. The molecule has 3 rings (SSSR count). The fraction of sp³-hybridized carbons (Fsp3) is 0.308. The van der Waals surface area contributed by atoms with E-state index in [-0.39, 0.29) is 48.0 Å². The Morgan fingerprint density at radius 1 is 0.250 bits per heavy atom. The van der Waals surface area contributed by atoms with Crippen molar-refractivity contribution in [3.63, 3.8) is 0 Å². The highest BCUT2D eigenvalue weighted by atomic mass is 127.